The average Bonchev–Trinajstić information content (AvgIpc) is 2.97. The van der Waals surface area contributed by atoms with Crippen LogP contribution in [0.5, 0.6) is 0 Å². The summed E-state index contributed by atoms with van der Waals surface area (Å²) in [5.41, 5.74) is 1.72. The van der Waals surface area contributed by atoms with E-state index < -0.39 is 0 Å². The minimum atomic E-state index is 0.166. The molecular weight excluding hydrogens is 266 g/mol. The summed E-state index contributed by atoms with van der Waals surface area (Å²) in [6.45, 7) is 8.64. The maximum atomic E-state index is 4.76. The Morgan fingerprint density at radius 2 is 1.95 bits per heavy atom. The molecule has 0 spiro atoms. The molecule has 1 saturated carbocycles. The van der Waals surface area contributed by atoms with Crippen molar-refractivity contribution in [3.63, 3.8) is 0 Å². The molecule has 1 aliphatic rings. The third kappa shape index (κ3) is 3.60. The SMILES string of the molecule is CN(C)C1(CNCc2csc(C(C)(C)C)n2)CCCC1. The molecule has 0 atom stereocenters. The highest BCUT2D eigenvalue weighted by molar-refractivity contribution is 7.09. The van der Waals surface area contributed by atoms with Crippen molar-refractivity contribution in [3.05, 3.63) is 16.1 Å². The summed E-state index contributed by atoms with van der Waals surface area (Å²) in [6, 6.07) is 0. The van der Waals surface area contributed by atoms with Crippen LogP contribution in [0.2, 0.25) is 0 Å². The van der Waals surface area contributed by atoms with E-state index in [-0.39, 0.29) is 5.41 Å². The molecule has 0 aromatic carbocycles. The van der Waals surface area contributed by atoms with Crippen molar-refractivity contribution < 1.29 is 0 Å². The van der Waals surface area contributed by atoms with Crippen molar-refractivity contribution in [2.24, 2.45) is 0 Å². The highest BCUT2D eigenvalue weighted by Crippen LogP contribution is 2.33. The molecule has 0 radical (unpaired) electrons. The van der Waals surface area contributed by atoms with Gasteiger partial charge in [0.2, 0.25) is 0 Å². The maximum absolute atomic E-state index is 4.76. The van der Waals surface area contributed by atoms with E-state index in [9.17, 15) is 0 Å². The summed E-state index contributed by atoms with van der Waals surface area (Å²) in [5.74, 6) is 0. The molecule has 0 amide bonds. The van der Waals surface area contributed by atoms with E-state index in [0.29, 0.717) is 5.54 Å². The van der Waals surface area contributed by atoms with Crippen LogP contribution in [0.1, 0.15) is 57.2 Å². The van der Waals surface area contributed by atoms with Gasteiger partial charge >= 0.3 is 0 Å². The van der Waals surface area contributed by atoms with Crippen LogP contribution < -0.4 is 5.32 Å². The van der Waals surface area contributed by atoms with Crippen LogP contribution in [0.3, 0.4) is 0 Å². The summed E-state index contributed by atoms with van der Waals surface area (Å²) < 4.78 is 0. The van der Waals surface area contributed by atoms with Gasteiger partial charge in [-0.25, -0.2) is 4.98 Å². The van der Waals surface area contributed by atoms with Crippen LogP contribution in [0.4, 0.5) is 0 Å². The molecule has 1 N–H and O–H groups in total. The Balaban J connectivity index is 1.88. The van der Waals surface area contributed by atoms with Crippen LogP contribution in [-0.4, -0.2) is 36.1 Å². The number of rotatable bonds is 5. The summed E-state index contributed by atoms with van der Waals surface area (Å²) >= 11 is 1.78. The molecule has 0 aliphatic heterocycles. The maximum Gasteiger partial charge on any atom is 0.0982 e. The number of thiazole rings is 1. The normalized spacial score (nSPS) is 18.9. The number of nitrogens with one attached hydrogen (secondary N) is 1. The Bertz CT molecular complexity index is 425. The largest absolute Gasteiger partial charge is 0.309 e. The Morgan fingerprint density at radius 3 is 2.45 bits per heavy atom. The van der Waals surface area contributed by atoms with Crippen molar-refractivity contribution in [2.45, 2.75) is 64.0 Å². The van der Waals surface area contributed by atoms with Crippen molar-refractivity contribution in [2.75, 3.05) is 20.6 Å². The number of hydrogen-bond acceptors (Lipinski definition) is 4. The van der Waals surface area contributed by atoms with Gasteiger partial charge in [-0.2, -0.15) is 0 Å². The molecule has 0 bridgehead atoms. The second-order valence-corrected chi connectivity index (χ2v) is 8.18. The number of likely N-dealkylation sites (N-methyl/N-ethyl adjacent to an activating group) is 1. The van der Waals surface area contributed by atoms with Gasteiger partial charge in [-0.05, 0) is 26.9 Å². The van der Waals surface area contributed by atoms with Gasteiger partial charge in [0.05, 0.1) is 10.7 Å². The Labute approximate surface area is 127 Å². The van der Waals surface area contributed by atoms with Gasteiger partial charge in [0.25, 0.3) is 0 Å². The predicted molar refractivity (Wildman–Crippen MR) is 87.4 cm³/mol. The highest BCUT2D eigenvalue weighted by atomic mass is 32.1. The first-order chi connectivity index (χ1) is 9.33. The minimum Gasteiger partial charge on any atom is -0.309 e. The lowest BCUT2D eigenvalue weighted by Gasteiger charge is -2.36. The number of aromatic nitrogens is 1. The predicted octanol–water partition coefficient (Wildman–Crippen LogP) is 3.40. The van der Waals surface area contributed by atoms with Gasteiger partial charge in [-0.3, -0.25) is 0 Å². The molecule has 1 fully saturated rings. The molecule has 114 valence electrons. The van der Waals surface area contributed by atoms with Crippen molar-refractivity contribution in [3.8, 4) is 0 Å². The molecule has 3 nitrogen and oxygen atoms in total. The van der Waals surface area contributed by atoms with Crippen LogP contribution >= 0.6 is 11.3 Å². The van der Waals surface area contributed by atoms with Crippen molar-refractivity contribution in [1.29, 1.82) is 0 Å². The fourth-order valence-electron chi connectivity index (χ4n) is 2.97. The number of nitrogens with zero attached hydrogens (tertiary/aromatic N) is 2. The van der Waals surface area contributed by atoms with Gasteiger partial charge < -0.3 is 10.2 Å². The van der Waals surface area contributed by atoms with Gasteiger partial charge in [0.1, 0.15) is 0 Å². The third-order valence-electron chi connectivity index (χ3n) is 4.44. The minimum absolute atomic E-state index is 0.166. The van der Waals surface area contributed by atoms with E-state index in [2.05, 4.69) is 50.5 Å². The standard InChI is InChI=1S/C16H29N3S/c1-15(2,3)14-18-13(11-20-14)10-17-12-16(19(4)5)8-6-7-9-16/h11,17H,6-10,12H2,1-5H3. The van der Waals surface area contributed by atoms with Gasteiger partial charge in [0.15, 0.2) is 0 Å². The van der Waals surface area contributed by atoms with E-state index in [4.69, 9.17) is 4.98 Å². The highest BCUT2D eigenvalue weighted by Gasteiger charge is 2.35. The lowest BCUT2D eigenvalue weighted by Crippen LogP contribution is -2.49. The summed E-state index contributed by atoms with van der Waals surface area (Å²) in [4.78, 5) is 7.17. The monoisotopic (exact) mass is 295 g/mol. The zero-order valence-corrected chi connectivity index (χ0v) is 14.4. The zero-order valence-electron chi connectivity index (χ0n) is 13.6. The molecule has 4 heteroatoms. The Kier molecular flexibility index (Phi) is 4.88. The number of hydrogen-bond donors (Lipinski definition) is 1. The van der Waals surface area contributed by atoms with Crippen LogP contribution in [-0.2, 0) is 12.0 Å². The van der Waals surface area contributed by atoms with E-state index in [1.807, 2.05) is 0 Å². The second-order valence-electron chi connectivity index (χ2n) is 7.32. The molecule has 1 heterocycles. The van der Waals surface area contributed by atoms with E-state index in [1.54, 1.807) is 11.3 Å². The Morgan fingerprint density at radius 1 is 1.30 bits per heavy atom. The van der Waals surface area contributed by atoms with Crippen molar-refractivity contribution >= 4 is 11.3 Å². The molecule has 1 aliphatic carbocycles. The topological polar surface area (TPSA) is 28.2 Å². The fraction of sp³-hybridized carbons (Fsp3) is 0.812. The summed E-state index contributed by atoms with van der Waals surface area (Å²) in [7, 11) is 4.43. The van der Waals surface area contributed by atoms with Crippen LogP contribution in [0.25, 0.3) is 0 Å². The Hall–Kier alpha value is -0.450. The first-order valence-electron chi connectivity index (χ1n) is 7.67. The second kappa shape index (κ2) is 6.12. The molecule has 1 aromatic rings. The van der Waals surface area contributed by atoms with E-state index in [0.717, 1.165) is 13.1 Å². The van der Waals surface area contributed by atoms with E-state index >= 15 is 0 Å². The molecule has 0 saturated heterocycles. The first kappa shape index (κ1) is 15.9. The zero-order chi connectivity index (χ0) is 14.8. The summed E-state index contributed by atoms with van der Waals surface area (Å²) in [6.07, 6.45) is 5.37. The first-order valence-corrected chi connectivity index (χ1v) is 8.54. The van der Waals surface area contributed by atoms with Crippen LogP contribution in [0.15, 0.2) is 5.38 Å². The van der Waals surface area contributed by atoms with E-state index in [1.165, 1.54) is 36.4 Å². The van der Waals surface area contributed by atoms with Gasteiger partial charge in [-0.15, -0.1) is 11.3 Å². The lowest BCUT2D eigenvalue weighted by molar-refractivity contribution is 0.153. The smallest absolute Gasteiger partial charge is 0.0982 e. The quantitative estimate of drug-likeness (QED) is 0.902. The van der Waals surface area contributed by atoms with Gasteiger partial charge in [0, 0.05) is 29.4 Å². The van der Waals surface area contributed by atoms with Crippen molar-refractivity contribution in [1.82, 2.24) is 15.2 Å². The van der Waals surface area contributed by atoms with Crippen LogP contribution in [0, 0.1) is 0 Å². The fourth-order valence-corrected chi connectivity index (χ4v) is 3.88. The summed E-state index contributed by atoms with van der Waals surface area (Å²) in [5, 5.41) is 7.07. The molecule has 2 rings (SSSR count). The third-order valence-corrected chi connectivity index (χ3v) is 5.75. The molecule has 1 aromatic heterocycles. The lowest BCUT2D eigenvalue weighted by atomic mass is 9.96. The van der Waals surface area contributed by atoms with Gasteiger partial charge in [-0.1, -0.05) is 33.6 Å². The molecule has 20 heavy (non-hydrogen) atoms. The molecular formula is C16H29N3S. The average molecular weight is 295 g/mol. The molecule has 0 unspecified atom stereocenters.